The molecule has 0 aromatic carbocycles. The summed E-state index contributed by atoms with van der Waals surface area (Å²) in [6.07, 6.45) is 2.27. The Morgan fingerprint density at radius 3 is 2.53 bits per heavy atom. The van der Waals surface area contributed by atoms with Crippen molar-refractivity contribution < 1.29 is 19.3 Å². The molecule has 0 aliphatic heterocycles. The van der Waals surface area contributed by atoms with E-state index >= 15 is 0 Å². The molecule has 0 aromatic rings. The summed E-state index contributed by atoms with van der Waals surface area (Å²) in [6, 6.07) is 0. The van der Waals surface area contributed by atoms with Crippen LogP contribution in [0.1, 0.15) is 19.3 Å². The second-order valence-corrected chi connectivity index (χ2v) is 11.8. The summed E-state index contributed by atoms with van der Waals surface area (Å²) in [5, 5.41) is 18.0. The van der Waals surface area contributed by atoms with Gasteiger partial charge >= 0.3 is 128 Å². The van der Waals surface area contributed by atoms with Gasteiger partial charge in [-0.2, -0.15) is 0 Å². The third-order valence-electron chi connectivity index (χ3n) is 1.96. The van der Waals surface area contributed by atoms with Crippen LogP contribution in [0, 0.1) is 0 Å². The summed E-state index contributed by atoms with van der Waals surface area (Å²) in [7, 11) is -1.90. The molecule has 0 heterocycles. The summed E-state index contributed by atoms with van der Waals surface area (Å²) in [5.41, 5.74) is 0. The van der Waals surface area contributed by atoms with E-state index < -0.39 is 14.1 Å². The van der Waals surface area contributed by atoms with Crippen LogP contribution in [0.25, 0.3) is 0 Å². The van der Waals surface area contributed by atoms with Crippen molar-refractivity contribution in [3.63, 3.8) is 0 Å². The molecule has 2 atom stereocenters. The van der Waals surface area contributed by atoms with E-state index in [1.807, 2.05) is 0 Å². The van der Waals surface area contributed by atoms with Crippen LogP contribution in [-0.4, -0.2) is 91.6 Å². The van der Waals surface area contributed by atoms with E-state index in [0.717, 1.165) is 62.3 Å². The Bertz CT molecular complexity index is 180. The van der Waals surface area contributed by atoms with Crippen LogP contribution in [0.5, 0.6) is 0 Å². The molecule has 0 bridgehead atoms. The quantitative estimate of drug-likeness (QED) is 0.347. The van der Waals surface area contributed by atoms with Gasteiger partial charge in [-0.3, -0.25) is 0 Å². The molecule has 2 unspecified atom stereocenters. The van der Waals surface area contributed by atoms with Gasteiger partial charge in [0.25, 0.3) is 0 Å². The van der Waals surface area contributed by atoms with Crippen molar-refractivity contribution in [2.24, 2.45) is 0 Å². The van der Waals surface area contributed by atoms with Crippen molar-refractivity contribution in [3.8, 4) is 0 Å². The van der Waals surface area contributed by atoms with E-state index in [9.17, 15) is 9.67 Å². The van der Waals surface area contributed by atoms with E-state index in [0.29, 0.717) is 19.4 Å². The zero-order chi connectivity index (χ0) is 11.7. The number of unbranched alkanes of at least 4 members (excludes halogenated alkanes) is 1. The van der Waals surface area contributed by atoms with Gasteiger partial charge in [0.05, 0.1) is 0 Å². The zero-order valence-electron chi connectivity index (χ0n) is 9.61. The maximum absolute atomic E-state index is 11.3. The van der Waals surface area contributed by atoms with Gasteiger partial charge < -0.3 is 0 Å². The van der Waals surface area contributed by atoms with Crippen molar-refractivity contribution >= 4 is 63.9 Å². The fourth-order valence-electron chi connectivity index (χ4n) is 1.16. The van der Waals surface area contributed by atoms with Crippen molar-refractivity contribution in [1.82, 2.24) is 0 Å². The normalized spacial score (nSPS) is 15.7. The predicted molar refractivity (Wildman–Crippen MR) is 62.0 cm³/mol. The Morgan fingerprint density at radius 2 is 2.00 bits per heavy atom. The SMILES string of the molecule is O=[PH](C[CH]([Na])[Na])OCC(O)CCCCO. The van der Waals surface area contributed by atoms with E-state index in [1.165, 1.54) is 0 Å². The van der Waals surface area contributed by atoms with Crippen LogP contribution >= 0.6 is 8.03 Å². The first kappa shape index (κ1) is 17.1. The molecule has 0 amide bonds. The number of aliphatic hydroxyl groups is 2. The monoisotopic (exact) mass is 254 g/mol. The molecule has 7 heteroatoms. The van der Waals surface area contributed by atoms with Crippen molar-refractivity contribution in [1.29, 1.82) is 0 Å². The summed E-state index contributed by atoms with van der Waals surface area (Å²) >= 11 is 2.18. The first-order valence-corrected chi connectivity index (χ1v) is 9.34. The molecule has 0 aliphatic rings. The number of hydrogen-bond acceptors (Lipinski definition) is 4. The van der Waals surface area contributed by atoms with Crippen molar-refractivity contribution in [2.75, 3.05) is 19.4 Å². The summed E-state index contributed by atoms with van der Waals surface area (Å²) in [6.45, 7) is 0.339. The third kappa shape index (κ3) is 12.4. The van der Waals surface area contributed by atoms with E-state index in [2.05, 4.69) is 0 Å². The minimum atomic E-state index is -1.90. The fraction of sp³-hybridized carbons (Fsp3) is 1.00. The molecule has 0 aromatic heterocycles. The molecule has 4 nitrogen and oxygen atoms in total. The predicted octanol–water partition coefficient (Wildman–Crippen LogP) is 0.0842. The Hall–Kier alpha value is 2.11. The fourth-order valence-corrected chi connectivity index (χ4v) is 4.32. The molecular formula is C8H17Na2O4P. The number of rotatable bonds is 9. The van der Waals surface area contributed by atoms with Gasteiger partial charge in [-0.15, -0.1) is 0 Å². The van der Waals surface area contributed by atoms with E-state index in [-0.39, 0.29) is 13.2 Å². The molecule has 80 valence electrons. The molecule has 0 rings (SSSR count). The van der Waals surface area contributed by atoms with Crippen molar-refractivity contribution in [2.45, 2.75) is 25.8 Å². The molecular weight excluding hydrogens is 237 g/mol. The van der Waals surface area contributed by atoms with Gasteiger partial charge in [0.1, 0.15) is 0 Å². The van der Waals surface area contributed by atoms with Crippen molar-refractivity contribution in [3.05, 3.63) is 0 Å². The van der Waals surface area contributed by atoms with Crippen LogP contribution in [-0.2, 0) is 9.09 Å². The topological polar surface area (TPSA) is 66.8 Å². The van der Waals surface area contributed by atoms with Gasteiger partial charge in [-0.05, 0) is 0 Å². The van der Waals surface area contributed by atoms with Gasteiger partial charge in [-0.25, -0.2) is 0 Å². The molecule has 0 fully saturated rings. The van der Waals surface area contributed by atoms with Crippen LogP contribution in [0.4, 0.5) is 0 Å². The summed E-state index contributed by atoms with van der Waals surface area (Å²) in [4.78, 5) is 0. The molecule has 0 radical (unpaired) electrons. The summed E-state index contributed by atoms with van der Waals surface area (Å²) < 4.78 is 17.1. The summed E-state index contributed by atoms with van der Waals surface area (Å²) in [5.74, 6) is 0. The average molecular weight is 254 g/mol. The van der Waals surface area contributed by atoms with Gasteiger partial charge in [0.15, 0.2) is 0 Å². The van der Waals surface area contributed by atoms with Crippen LogP contribution in [0.2, 0.25) is 0.417 Å². The molecule has 0 saturated heterocycles. The molecule has 15 heavy (non-hydrogen) atoms. The maximum atomic E-state index is 11.3. The van der Waals surface area contributed by atoms with Gasteiger partial charge in [0.2, 0.25) is 0 Å². The Labute approximate surface area is 127 Å². The van der Waals surface area contributed by atoms with Crippen LogP contribution in [0.3, 0.4) is 0 Å². The van der Waals surface area contributed by atoms with E-state index in [4.69, 9.17) is 9.63 Å². The number of aliphatic hydroxyl groups excluding tert-OH is 2. The van der Waals surface area contributed by atoms with E-state index in [1.54, 1.807) is 0 Å². The number of hydrogen-bond donors (Lipinski definition) is 2. The van der Waals surface area contributed by atoms with Crippen LogP contribution in [0.15, 0.2) is 0 Å². The minimum absolute atomic E-state index is 0.160. The van der Waals surface area contributed by atoms with Crippen LogP contribution < -0.4 is 0 Å². The Kier molecular flexibility index (Phi) is 12.8. The molecule has 0 saturated carbocycles. The third-order valence-corrected chi connectivity index (χ3v) is 6.05. The van der Waals surface area contributed by atoms with Gasteiger partial charge in [-0.1, -0.05) is 0 Å². The first-order valence-electron chi connectivity index (χ1n) is 5.50. The molecule has 2 N–H and O–H groups in total. The van der Waals surface area contributed by atoms with Gasteiger partial charge in [0, 0.05) is 0 Å². The first-order chi connectivity index (χ1) is 7.06. The zero-order valence-corrected chi connectivity index (χ0v) is 14.6. The second-order valence-electron chi connectivity index (χ2n) is 4.15. The molecule has 0 spiro atoms. The standard InChI is InChI=1S/C8H17O4P.2Na/c1-2-13(11)12-7-8(10)5-3-4-6-9;;/h1,8-10,13H,2-7H2;;. The average Bonchev–Trinajstić information content (AvgIpc) is 2.14. The Balaban J connectivity index is 3.44. The molecule has 0 aliphatic carbocycles. The Morgan fingerprint density at radius 1 is 1.33 bits per heavy atom. The second kappa shape index (κ2) is 11.2.